The Morgan fingerprint density at radius 2 is 2.00 bits per heavy atom. The van der Waals surface area contributed by atoms with Crippen molar-refractivity contribution in [3.8, 4) is 5.75 Å². The minimum atomic E-state index is 0.209. The highest BCUT2D eigenvalue weighted by molar-refractivity contribution is 6.30. The van der Waals surface area contributed by atoms with Gasteiger partial charge in [-0.2, -0.15) is 0 Å². The van der Waals surface area contributed by atoms with Gasteiger partial charge in [-0.3, -0.25) is 0 Å². The number of rotatable bonds is 5. The highest BCUT2D eigenvalue weighted by Gasteiger charge is 2.06. The maximum absolute atomic E-state index is 5.77. The molecule has 0 saturated carbocycles. The molecular weight excluding hydrogens is 198 g/mol. The summed E-state index contributed by atoms with van der Waals surface area (Å²) < 4.78 is 5.72. The van der Waals surface area contributed by atoms with E-state index >= 15 is 0 Å². The molecule has 0 spiro atoms. The van der Waals surface area contributed by atoms with E-state index in [9.17, 15) is 0 Å². The van der Waals surface area contributed by atoms with Crippen molar-refractivity contribution < 1.29 is 4.74 Å². The van der Waals surface area contributed by atoms with Crippen molar-refractivity contribution in [2.45, 2.75) is 25.9 Å². The van der Waals surface area contributed by atoms with Gasteiger partial charge in [0.2, 0.25) is 0 Å². The minimum absolute atomic E-state index is 0.209. The minimum Gasteiger partial charge on any atom is -0.490 e. The van der Waals surface area contributed by atoms with Crippen LogP contribution in [-0.4, -0.2) is 12.6 Å². The lowest BCUT2D eigenvalue weighted by Crippen LogP contribution is -2.19. The van der Waals surface area contributed by atoms with Gasteiger partial charge in [-0.15, -0.1) is 0 Å². The second-order valence-electron chi connectivity index (χ2n) is 3.18. The van der Waals surface area contributed by atoms with Crippen LogP contribution >= 0.6 is 11.6 Å². The molecule has 1 unspecified atom stereocenters. The normalized spacial score (nSPS) is 12.5. The van der Waals surface area contributed by atoms with E-state index in [0.29, 0.717) is 6.54 Å². The summed E-state index contributed by atoms with van der Waals surface area (Å²) in [5.74, 6) is 0.856. The molecule has 0 radical (unpaired) electrons. The van der Waals surface area contributed by atoms with Crippen molar-refractivity contribution in [1.29, 1.82) is 0 Å². The van der Waals surface area contributed by atoms with Crippen molar-refractivity contribution in [3.05, 3.63) is 29.3 Å². The number of ether oxygens (including phenoxy) is 1. The molecule has 2 N–H and O–H groups in total. The summed E-state index contributed by atoms with van der Waals surface area (Å²) in [6, 6.07) is 7.40. The fourth-order valence-corrected chi connectivity index (χ4v) is 1.36. The van der Waals surface area contributed by atoms with Crippen LogP contribution in [0.15, 0.2) is 24.3 Å². The highest BCUT2D eigenvalue weighted by atomic mass is 35.5. The van der Waals surface area contributed by atoms with Crippen LogP contribution in [0.1, 0.15) is 19.8 Å². The topological polar surface area (TPSA) is 35.2 Å². The van der Waals surface area contributed by atoms with E-state index in [2.05, 4.69) is 6.92 Å². The summed E-state index contributed by atoms with van der Waals surface area (Å²) >= 11 is 5.77. The monoisotopic (exact) mass is 213 g/mol. The average molecular weight is 214 g/mol. The van der Waals surface area contributed by atoms with E-state index in [1.807, 2.05) is 24.3 Å². The van der Waals surface area contributed by atoms with Crippen LogP contribution in [0.25, 0.3) is 0 Å². The fourth-order valence-electron chi connectivity index (χ4n) is 1.24. The van der Waals surface area contributed by atoms with Crippen molar-refractivity contribution in [1.82, 2.24) is 0 Å². The van der Waals surface area contributed by atoms with Gasteiger partial charge in [0.05, 0.1) is 6.10 Å². The molecule has 78 valence electrons. The maximum Gasteiger partial charge on any atom is 0.119 e. The van der Waals surface area contributed by atoms with Gasteiger partial charge in [0.15, 0.2) is 0 Å². The summed E-state index contributed by atoms with van der Waals surface area (Å²) in [6.45, 7) is 2.75. The van der Waals surface area contributed by atoms with Crippen molar-refractivity contribution in [3.63, 3.8) is 0 Å². The molecule has 0 aromatic heterocycles. The van der Waals surface area contributed by atoms with Crippen molar-refractivity contribution in [2.24, 2.45) is 5.73 Å². The molecule has 0 aliphatic carbocycles. The predicted molar refractivity (Wildman–Crippen MR) is 59.8 cm³/mol. The Labute approximate surface area is 90.0 Å². The number of nitrogens with two attached hydrogens (primary N) is 1. The summed E-state index contributed by atoms with van der Waals surface area (Å²) in [6.07, 6.45) is 2.07. The molecule has 14 heavy (non-hydrogen) atoms. The van der Waals surface area contributed by atoms with E-state index in [1.165, 1.54) is 0 Å². The van der Waals surface area contributed by atoms with E-state index in [-0.39, 0.29) is 6.10 Å². The lowest BCUT2D eigenvalue weighted by atomic mass is 10.2. The fraction of sp³-hybridized carbons (Fsp3) is 0.455. The lowest BCUT2D eigenvalue weighted by molar-refractivity contribution is 0.189. The Bertz CT molecular complexity index is 260. The molecule has 0 heterocycles. The molecule has 0 aliphatic heterocycles. The largest absolute Gasteiger partial charge is 0.490 e. The Hall–Kier alpha value is -0.730. The van der Waals surface area contributed by atoms with E-state index < -0.39 is 0 Å². The number of benzene rings is 1. The summed E-state index contributed by atoms with van der Waals surface area (Å²) in [5.41, 5.74) is 5.48. The second-order valence-corrected chi connectivity index (χ2v) is 3.62. The van der Waals surface area contributed by atoms with E-state index in [1.54, 1.807) is 0 Å². The zero-order valence-corrected chi connectivity index (χ0v) is 9.13. The summed E-state index contributed by atoms with van der Waals surface area (Å²) in [7, 11) is 0. The third-order valence-electron chi connectivity index (χ3n) is 2.06. The average Bonchev–Trinajstić information content (AvgIpc) is 2.20. The van der Waals surface area contributed by atoms with Crippen LogP contribution in [-0.2, 0) is 0 Å². The first kappa shape index (κ1) is 11.3. The molecule has 1 rings (SSSR count). The first-order valence-electron chi connectivity index (χ1n) is 4.88. The van der Waals surface area contributed by atoms with Gasteiger partial charge in [-0.05, 0) is 43.7 Å². The van der Waals surface area contributed by atoms with Crippen LogP contribution in [0.5, 0.6) is 5.75 Å². The molecule has 1 atom stereocenters. The van der Waals surface area contributed by atoms with Crippen molar-refractivity contribution >= 4 is 11.6 Å². The zero-order chi connectivity index (χ0) is 10.4. The van der Waals surface area contributed by atoms with E-state index in [0.717, 1.165) is 23.6 Å². The Balaban J connectivity index is 2.53. The molecule has 0 amide bonds. The van der Waals surface area contributed by atoms with Crippen LogP contribution < -0.4 is 10.5 Å². The molecule has 2 nitrogen and oxygen atoms in total. The standard InChI is InChI=1S/C11H16ClNO/c1-2-10(7-8-13)14-11-5-3-9(12)4-6-11/h3-6,10H,2,7-8,13H2,1H3. The molecule has 3 heteroatoms. The Morgan fingerprint density at radius 3 is 2.50 bits per heavy atom. The van der Waals surface area contributed by atoms with Gasteiger partial charge in [0, 0.05) is 5.02 Å². The van der Waals surface area contributed by atoms with Gasteiger partial charge in [0.25, 0.3) is 0 Å². The zero-order valence-electron chi connectivity index (χ0n) is 8.37. The van der Waals surface area contributed by atoms with Crippen LogP contribution in [0.4, 0.5) is 0 Å². The summed E-state index contributed by atoms with van der Waals surface area (Å²) in [4.78, 5) is 0. The third kappa shape index (κ3) is 3.56. The van der Waals surface area contributed by atoms with Gasteiger partial charge in [-0.25, -0.2) is 0 Å². The SMILES string of the molecule is CCC(CCN)Oc1ccc(Cl)cc1. The second kappa shape index (κ2) is 5.89. The molecule has 1 aromatic rings. The van der Waals surface area contributed by atoms with Crippen molar-refractivity contribution in [2.75, 3.05) is 6.54 Å². The number of halogens is 1. The number of hydrogen-bond donors (Lipinski definition) is 1. The Kier molecular flexibility index (Phi) is 4.77. The highest BCUT2D eigenvalue weighted by Crippen LogP contribution is 2.18. The molecule has 0 fully saturated rings. The molecule has 0 bridgehead atoms. The van der Waals surface area contributed by atoms with Gasteiger partial charge >= 0.3 is 0 Å². The molecule has 1 aromatic carbocycles. The van der Waals surface area contributed by atoms with Crippen LogP contribution in [0, 0.1) is 0 Å². The van der Waals surface area contributed by atoms with Gasteiger partial charge in [-0.1, -0.05) is 18.5 Å². The van der Waals surface area contributed by atoms with E-state index in [4.69, 9.17) is 22.1 Å². The third-order valence-corrected chi connectivity index (χ3v) is 2.31. The first-order valence-corrected chi connectivity index (χ1v) is 5.26. The van der Waals surface area contributed by atoms with Gasteiger partial charge in [0.1, 0.15) is 5.75 Å². The van der Waals surface area contributed by atoms with Crippen LogP contribution in [0.2, 0.25) is 5.02 Å². The Morgan fingerprint density at radius 1 is 1.36 bits per heavy atom. The number of hydrogen-bond acceptors (Lipinski definition) is 2. The first-order chi connectivity index (χ1) is 6.76. The molecule has 0 saturated heterocycles. The maximum atomic E-state index is 5.77. The van der Waals surface area contributed by atoms with Crippen LogP contribution in [0.3, 0.4) is 0 Å². The quantitative estimate of drug-likeness (QED) is 0.817. The molecule has 0 aliphatic rings. The lowest BCUT2D eigenvalue weighted by Gasteiger charge is -2.16. The summed E-state index contributed by atoms with van der Waals surface area (Å²) in [5, 5.41) is 0.726. The van der Waals surface area contributed by atoms with Gasteiger partial charge < -0.3 is 10.5 Å². The predicted octanol–water partition coefficient (Wildman–Crippen LogP) is 2.85. The smallest absolute Gasteiger partial charge is 0.119 e. The molecular formula is C11H16ClNO.